The van der Waals surface area contributed by atoms with Crippen molar-refractivity contribution < 1.29 is 4.79 Å². The molecule has 0 aromatic carbocycles. The Hall–Kier alpha value is -1.81. The Morgan fingerprint density at radius 1 is 1.22 bits per heavy atom. The molecule has 0 aromatic heterocycles. The second-order valence-corrected chi connectivity index (χ2v) is 6.44. The van der Waals surface area contributed by atoms with Crippen molar-refractivity contribution in [1.82, 2.24) is 0 Å². The number of hydrogen-bond donors (Lipinski definition) is 2. The highest BCUT2D eigenvalue weighted by Gasteiger charge is 2.01. The van der Waals surface area contributed by atoms with Gasteiger partial charge in [0.2, 0.25) is 5.91 Å². The summed E-state index contributed by atoms with van der Waals surface area (Å²) in [6, 6.07) is 0. The van der Waals surface area contributed by atoms with Crippen molar-refractivity contribution in [3.63, 3.8) is 0 Å². The highest BCUT2D eigenvalue weighted by atomic mass is 32.2. The van der Waals surface area contributed by atoms with Crippen LogP contribution in [0.25, 0.3) is 0 Å². The van der Waals surface area contributed by atoms with Crippen molar-refractivity contribution in [3.05, 3.63) is 59.6 Å². The molecule has 0 aliphatic heterocycles. The smallest absolute Gasteiger partial charge is 0.217 e. The minimum absolute atomic E-state index is 0.193. The number of carbonyl (C=O) groups is 1. The lowest BCUT2D eigenvalue weighted by Gasteiger charge is -2.05. The quantitative estimate of drug-likeness (QED) is 0.348. The fraction of sp³-hybridized carbons (Fsp3) is 0.368. The standard InChI is InChI=1S/C14H19NS.C5H11NO/c1-7-11(4)8-12(5)9-14(10(2)3)16-13(6)15;1-2-3-4-5(6)7/h7-9,15H,1-2,5H2,3-4,6H3;2-4H2,1H3,(H2,6,7)/b11-8-,14-9-,15-13?;. The molecule has 0 atom stereocenters. The molecule has 4 heteroatoms. The maximum atomic E-state index is 9.98. The number of nitrogens with two attached hydrogens (primary N) is 1. The van der Waals surface area contributed by atoms with Gasteiger partial charge in [-0.1, -0.05) is 62.6 Å². The van der Waals surface area contributed by atoms with Gasteiger partial charge in [0.25, 0.3) is 0 Å². The van der Waals surface area contributed by atoms with E-state index in [0.29, 0.717) is 11.5 Å². The van der Waals surface area contributed by atoms with E-state index in [2.05, 4.69) is 19.7 Å². The van der Waals surface area contributed by atoms with E-state index < -0.39 is 0 Å². The van der Waals surface area contributed by atoms with Gasteiger partial charge in [0.05, 0.1) is 5.04 Å². The molecule has 0 bridgehead atoms. The molecule has 0 saturated heterocycles. The average Bonchev–Trinajstić information content (AvgIpc) is 2.44. The number of allylic oxidation sites excluding steroid dienone is 6. The summed E-state index contributed by atoms with van der Waals surface area (Å²) < 4.78 is 0. The summed E-state index contributed by atoms with van der Waals surface area (Å²) in [5.74, 6) is -0.193. The Kier molecular flexibility index (Phi) is 14.1. The van der Waals surface area contributed by atoms with Gasteiger partial charge < -0.3 is 5.73 Å². The Bertz CT molecular complexity index is 513. The van der Waals surface area contributed by atoms with E-state index in [1.807, 2.05) is 32.9 Å². The molecular formula is C19H30N2OS. The molecular weight excluding hydrogens is 304 g/mol. The van der Waals surface area contributed by atoms with Gasteiger partial charge in [0.15, 0.2) is 0 Å². The molecule has 0 fully saturated rings. The van der Waals surface area contributed by atoms with Crippen molar-refractivity contribution in [1.29, 1.82) is 5.41 Å². The summed E-state index contributed by atoms with van der Waals surface area (Å²) in [4.78, 5) is 11.0. The summed E-state index contributed by atoms with van der Waals surface area (Å²) in [7, 11) is 0. The largest absolute Gasteiger partial charge is 0.370 e. The first-order valence-corrected chi connectivity index (χ1v) is 8.34. The number of unbranched alkanes of at least 4 members (excludes halogenated alkanes) is 1. The zero-order valence-electron chi connectivity index (χ0n) is 14.9. The molecule has 128 valence electrons. The predicted octanol–water partition coefficient (Wildman–Crippen LogP) is 5.53. The third-order valence-electron chi connectivity index (χ3n) is 2.51. The monoisotopic (exact) mass is 334 g/mol. The third kappa shape index (κ3) is 16.4. The van der Waals surface area contributed by atoms with Gasteiger partial charge in [-0.2, -0.15) is 0 Å². The highest BCUT2D eigenvalue weighted by molar-refractivity contribution is 8.17. The van der Waals surface area contributed by atoms with E-state index >= 15 is 0 Å². The Balaban J connectivity index is 0. The molecule has 0 aliphatic rings. The molecule has 3 nitrogen and oxygen atoms in total. The first kappa shape index (κ1) is 23.5. The molecule has 1 amide bonds. The zero-order chi connectivity index (χ0) is 18.4. The van der Waals surface area contributed by atoms with Gasteiger partial charge in [-0.15, -0.1) is 0 Å². The minimum Gasteiger partial charge on any atom is -0.370 e. The zero-order valence-corrected chi connectivity index (χ0v) is 15.7. The first-order valence-electron chi connectivity index (χ1n) is 7.52. The number of nitrogens with one attached hydrogen (secondary N) is 1. The molecule has 0 radical (unpaired) electrons. The van der Waals surface area contributed by atoms with Crippen LogP contribution < -0.4 is 5.73 Å². The normalized spacial score (nSPS) is 11.1. The topological polar surface area (TPSA) is 66.9 Å². The van der Waals surface area contributed by atoms with Crippen LogP contribution in [0.2, 0.25) is 0 Å². The third-order valence-corrected chi connectivity index (χ3v) is 3.50. The van der Waals surface area contributed by atoms with Crippen LogP contribution in [0.4, 0.5) is 0 Å². The van der Waals surface area contributed by atoms with E-state index in [1.165, 1.54) is 11.8 Å². The number of hydrogen-bond acceptors (Lipinski definition) is 3. The van der Waals surface area contributed by atoms with Crippen LogP contribution in [0, 0.1) is 5.41 Å². The van der Waals surface area contributed by atoms with Crippen LogP contribution in [0.3, 0.4) is 0 Å². The van der Waals surface area contributed by atoms with E-state index in [-0.39, 0.29) is 5.91 Å². The summed E-state index contributed by atoms with van der Waals surface area (Å²) >= 11 is 1.40. The number of amides is 1. The van der Waals surface area contributed by atoms with Gasteiger partial charge in [-0.05, 0) is 44.4 Å². The van der Waals surface area contributed by atoms with Crippen molar-refractivity contribution >= 4 is 22.7 Å². The van der Waals surface area contributed by atoms with Gasteiger partial charge in [-0.25, -0.2) is 0 Å². The molecule has 23 heavy (non-hydrogen) atoms. The lowest BCUT2D eigenvalue weighted by atomic mass is 10.1. The summed E-state index contributed by atoms with van der Waals surface area (Å²) in [6.07, 6.45) is 8.19. The van der Waals surface area contributed by atoms with E-state index in [0.717, 1.165) is 34.5 Å². The summed E-state index contributed by atoms with van der Waals surface area (Å²) in [5.41, 5.74) is 7.75. The van der Waals surface area contributed by atoms with Crippen molar-refractivity contribution in [2.24, 2.45) is 5.73 Å². The van der Waals surface area contributed by atoms with Gasteiger partial charge in [0.1, 0.15) is 0 Å². The minimum atomic E-state index is -0.193. The predicted molar refractivity (Wildman–Crippen MR) is 106 cm³/mol. The fourth-order valence-electron chi connectivity index (χ4n) is 1.32. The molecule has 0 saturated carbocycles. The Labute approximate surface area is 145 Å². The number of rotatable bonds is 8. The lowest BCUT2D eigenvalue weighted by molar-refractivity contribution is -0.118. The Morgan fingerprint density at radius 3 is 2.09 bits per heavy atom. The maximum Gasteiger partial charge on any atom is 0.217 e. The molecule has 0 aromatic rings. The molecule has 0 spiro atoms. The lowest BCUT2D eigenvalue weighted by Crippen LogP contribution is -2.09. The van der Waals surface area contributed by atoms with E-state index in [4.69, 9.17) is 11.1 Å². The second-order valence-electron chi connectivity index (χ2n) is 5.18. The van der Waals surface area contributed by atoms with E-state index in [9.17, 15) is 4.79 Å². The second kappa shape index (κ2) is 13.8. The van der Waals surface area contributed by atoms with Crippen LogP contribution >= 0.6 is 11.8 Å². The Morgan fingerprint density at radius 2 is 1.78 bits per heavy atom. The van der Waals surface area contributed by atoms with E-state index in [1.54, 1.807) is 13.0 Å². The van der Waals surface area contributed by atoms with Crippen molar-refractivity contribution in [2.45, 2.75) is 47.0 Å². The molecule has 0 rings (SSSR count). The first-order chi connectivity index (χ1) is 10.6. The number of carbonyl (C=O) groups excluding carboxylic acids is 1. The van der Waals surface area contributed by atoms with Crippen molar-refractivity contribution in [2.75, 3.05) is 0 Å². The SMILES string of the molecule is C=C/C(C)=C\C(=C)/C=C(\SC(C)=N)C(=C)C.CCCCC(N)=O. The van der Waals surface area contributed by atoms with Gasteiger partial charge in [0, 0.05) is 11.3 Å². The fourth-order valence-corrected chi connectivity index (χ4v) is 2.03. The van der Waals surface area contributed by atoms with Gasteiger partial charge >= 0.3 is 0 Å². The molecule has 3 N–H and O–H groups in total. The maximum absolute atomic E-state index is 9.98. The van der Waals surface area contributed by atoms with Crippen LogP contribution in [-0.2, 0) is 4.79 Å². The number of primary amides is 1. The summed E-state index contributed by atoms with van der Waals surface area (Å²) in [6.45, 7) is 19.2. The molecule has 0 aliphatic carbocycles. The highest BCUT2D eigenvalue weighted by Crippen LogP contribution is 2.25. The van der Waals surface area contributed by atoms with Crippen LogP contribution in [-0.4, -0.2) is 11.0 Å². The number of thioether (sulfide) groups is 1. The molecule has 0 heterocycles. The van der Waals surface area contributed by atoms with Crippen LogP contribution in [0.15, 0.2) is 59.6 Å². The van der Waals surface area contributed by atoms with Gasteiger partial charge in [-0.3, -0.25) is 10.2 Å². The van der Waals surface area contributed by atoms with Crippen LogP contribution in [0.1, 0.15) is 47.0 Å². The average molecular weight is 335 g/mol. The summed E-state index contributed by atoms with van der Waals surface area (Å²) in [5, 5.41) is 8.01. The molecule has 0 unspecified atom stereocenters. The van der Waals surface area contributed by atoms with Crippen molar-refractivity contribution in [3.8, 4) is 0 Å². The van der Waals surface area contributed by atoms with Crippen LogP contribution in [0.5, 0.6) is 0 Å².